The average Bonchev–Trinajstić information content (AvgIpc) is 3.97. The Hall–Kier alpha value is -5.69. The van der Waals surface area contributed by atoms with E-state index in [1.54, 1.807) is 0 Å². The minimum Gasteiger partial charge on any atom is -0.488 e. The molecule has 2 atom stereocenters. The molecule has 2 aliphatic rings. The molecule has 19 heteroatoms. The summed E-state index contributed by atoms with van der Waals surface area (Å²) < 4.78 is 85.8. The maximum absolute atomic E-state index is 15.0. The maximum Gasteiger partial charge on any atom is 0.416 e. The van der Waals surface area contributed by atoms with Crippen LogP contribution >= 0.6 is 0 Å². The maximum atomic E-state index is 15.0. The minimum absolute atomic E-state index is 0.0137. The van der Waals surface area contributed by atoms with Gasteiger partial charge in [0, 0.05) is 99.2 Å². The lowest BCUT2D eigenvalue weighted by molar-refractivity contribution is -0.137. The van der Waals surface area contributed by atoms with Crippen LogP contribution in [0.4, 0.5) is 22.0 Å². The first-order chi connectivity index (χ1) is 31.3. The van der Waals surface area contributed by atoms with Gasteiger partial charge in [-0.3, -0.25) is 30.0 Å². The van der Waals surface area contributed by atoms with Gasteiger partial charge in [-0.2, -0.15) is 13.2 Å². The molecule has 66 heavy (non-hydrogen) atoms. The van der Waals surface area contributed by atoms with E-state index in [1.807, 2.05) is 0 Å². The fraction of sp³-hybridized carbons (Fsp3) is 0.532. The summed E-state index contributed by atoms with van der Waals surface area (Å²) in [5, 5.41) is 21.1. The molecule has 0 aliphatic carbocycles. The highest BCUT2D eigenvalue weighted by atomic mass is 19.4. The lowest BCUT2D eigenvalue weighted by atomic mass is 9.93. The Kier molecular flexibility index (Phi) is 18.4. The zero-order valence-electron chi connectivity index (χ0n) is 37.1. The highest BCUT2D eigenvalue weighted by Gasteiger charge is 2.35. The monoisotopic (exact) mass is 926 g/mol. The van der Waals surface area contributed by atoms with Crippen molar-refractivity contribution in [2.75, 3.05) is 26.2 Å². The van der Waals surface area contributed by atoms with Crippen molar-refractivity contribution in [3.8, 4) is 11.5 Å². The van der Waals surface area contributed by atoms with E-state index in [0.717, 1.165) is 30.6 Å². The zero-order valence-corrected chi connectivity index (χ0v) is 37.1. The Morgan fingerprint density at radius 2 is 1.02 bits per heavy atom. The predicted molar refractivity (Wildman–Crippen MR) is 237 cm³/mol. The molecule has 2 fully saturated rings. The van der Waals surface area contributed by atoms with Gasteiger partial charge in [0.2, 0.25) is 0 Å². The van der Waals surface area contributed by atoms with Crippen molar-refractivity contribution in [2.45, 2.75) is 134 Å². The number of carbonyl (C=O) groups is 4. The van der Waals surface area contributed by atoms with Crippen LogP contribution in [0.5, 0.6) is 11.5 Å². The van der Waals surface area contributed by atoms with Gasteiger partial charge >= 0.3 is 6.18 Å². The second-order valence-electron chi connectivity index (χ2n) is 17.2. The molecule has 8 N–H and O–H groups in total. The van der Waals surface area contributed by atoms with Crippen LogP contribution < -0.4 is 31.6 Å². The van der Waals surface area contributed by atoms with Gasteiger partial charge in [0.1, 0.15) is 53.0 Å². The van der Waals surface area contributed by atoms with E-state index in [-0.39, 0.29) is 100 Å². The molecule has 3 heterocycles. The number of nitrogens with one attached hydrogen (secondary N) is 4. The van der Waals surface area contributed by atoms with Crippen molar-refractivity contribution in [2.24, 2.45) is 11.5 Å². The number of hydrogen-bond donors (Lipinski definition) is 6. The summed E-state index contributed by atoms with van der Waals surface area (Å²) in [5.41, 5.74) is 8.84. The number of rotatable bonds is 27. The van der Waals surface area contributed by atoms with E-state index < -0.39 is 53.7 Å². The molecular formula is C47H59F5N8O6. The number of carbonyl (C=O) groups excluding carboxylic acids is 4. The van der Waals surface area contributed by atoms with Crippen molar-refractivity contribution in [3.05, 3.63) is 81.4 Å². The third-order valence-electron chi connectivity index (χ3n) is 11.4. The van der Waals surface area contributed by atoms with Crippen molar-refractivity contribution in [1.82, 2.24) is 20.6 Å². The molecule has 0 bridgehead atoms. The number of ether oxygens (including phenoxy) is 2. The molecule has 0 radical (unpaired) electrons. The highest BCUT2D eigenvalue weighted by Crippen LogP contribution is 2.39. The van der Waals surface area contributed by atoms with Crippen molar-refractivity contribution in [3.63, 3.8) is 0 Å². The first-order valence-electron chi connectivity index (χ1n) is 22.4. The SMILES string of the molecule is CC(F)(F)c1cc(CC(=O)CCCCCC(=N)N)c(O[C@@H]2CCNC2)c(CC(=O)c2cc(C(=O)Cc3cc(C(F)(F)F)cc(CC(=O)CCCCCC(=N)N)c3O[C@@H]3CCNC3)ncn2)c1. The number of benzene rings is 2. The van der Waals surface area contributed by atoms with Crippen LogP contribution in [0.3, 0.4) is 0 Å². The van der Waals surface area contributed by atoms with E-state index in [2.05, 4.69) is 20.6 Å². The molecular weight excluding hydrogens is 868 g/mol. The molecule has 358 valence electrons. The van der Waals surface area contributed by atoms with Crippen molar-refractivity contribution in [1.29, 1.82) is 10.8 Å². The molecule has 1 aromatic heterocycles. The predicted octanol–water partition coefficient (Wildman–Crippen LogP) is 6.94. The molecule has 2 saturated heterocycles. The van der Waals surface area contributed by atoms with Gasteiger partial charge in [-0.05, 0) is 81.9 Å². The van der Waals surface area contributed by atoms with Crippen molar-refractivity contribution < 1.29 is 50.6 Å². The number of ketones is 4. The summed E-state index contributed by atoms with van der Waals surface area (Å²) in [6.07, 6.45) is -1.02. The van der Waals surface area contributed by atoms with Crippen LogP contribution in [-0.2, 0) is 47.4 Å². The normalized spacial score (nSPS) is 16.3. The third-order valence-corrected chi connectivity index (χ3v) is 11.4. The first-order valence-corrected chi connectivity index (χ1v) is 22.4. The van der Waals surface area contributed by atoms with E-state index in [1.165, 1.54) is 6.07 Å². The summed E-state index contributed by atoms with van der Waals surface area (Å²) in [7, 11) is 0. The number of aromatic nitrogens is 2. The number of halogens is 5. The molecule has 0 unspecified atom stereocenters. The fourth-order valence-electron chi connectivity index (χ4n) is 7.96. The number of nitrogens with two attached hydrogens (primary N) is 2. The smallest absolute Gasteiger partial charge is 0.416 e. The average molecular weight is 927 g/mol. The first kappa shape index (κ1) is 51.3. The van der Waals surface area contributed by atoms with Crippen LogP contribution in [0, 0.1) is 10.8 Å². The lowest BCUT2D eigenvalue weighted by Crippen LogP contribution is -2.23. The Balaban J connectivity index is 1.42. The van der Waals surface area contributed by atoms with Crippen LogP contribution in [0.1, 0.15) is 138 Å². The van der Waals surface area contributed by atoms with Gasteiger partial charge in [0.05, 0.1) is 17.2 Å². The van der Waals surface area contributed by atoms with Gasteiger partial charge in [0.15, 0.2) is 11.6 Å². The number of amidine groups is 2. The molecule has 2 aromatic carbocycles. The van der Waals surface area contributed by atoms with Gasteiger partial charge in [0.25, 0.3) is 5.92 Å². The largest absolute Gasteiger partial charge is 0.488 e. The van der Waals surface area contributed by atoms with Gasteiger partial charge in [-0.1, -0.05) is 12.8 Å². The molecule has 0 amide bonds. The van der Waals surface area contributed by atoms with Crippen LogP contribution in [-0.4, -0.2) is 83.2 Å². The Bertz CT molecular complexity index is 2090. The highest BCUT2D eigenvalue weighted by molar-refractivity contribution is 6.01. The Morgan fingerprint density at radius 1 is 0.621 bits per heavy atom. The van der Waals surface area contributed by atoms with Crippen LogP contribution in [0.15, 0.2) is 36.7 Å². The lowest BCUT2D eigenvalue weighted by Gasteiger charge is -2.22. The fourth-order valence-corrected chi connectivity index (χ4v) is 7.96. The van der Waals surface area contributed by atoms with E-state index in [9.17, 15) is 32.3 Å². The second-order valence-corrected chi connectivity index (χ2v) is 17.2. The van der Waals surface area contributed by atoms with Gasteiger partial charge in [-0.15, -0.1) is 0 Å². The molecule has 0 saturated carbocycles. The molecule has 14 nitrogen and oxygen atoms in total. The summed E-state index contributed by atoms with van der Waals surface area (Å²) in [5.74, 6) is -5.24. The summed E-state index contributed by atoms with van der Waals surface area (Å²) >= 11 is 0. The number of hydrogen-bond acceptors (Lipinski definition) is 12. The van der Waals surface area contributed by atoms with E-state index >= 15 is 8.78 Å². The quantitative estimate of drug-likeness (QED) is 0.0150. The Labute approximate surface area is 380 Å². The molecule has 2 aliphatic heterocycles. The third kappa shape index (κ3) is 15.7. The van der Waals surface area contributed by atoms with Crippen molar-refractivity contribution >= 4 is 34.8 Å². The van der Waals surface area contributed by atoms with Crippen LogP contribution in [0.2, 0.25) is 0 Å². The molecule has 3 aromatic rings. The van der Waals surface area contributed by atoms with E-state index in [4.69, 9.17) is 31.8 Å². The number of nitrogens with zero attached hydrogens (tertiary/aromatic N) is 2. The van der Waals surface area contributed by atoms with E-state index in [0.29, 0.717) is 97.3 Å². The summed E-state index contributed by atoms with van der Waals surface area (Å²) in [4.78, 5) is 62.5. The van der Waals surface area contributed by atoms with Gasteiger partial charge < -0.3 is 31.6 Å². The summed E-state index contributed by atoms with van der Waals surface area (Å²) in [6, 6.07) is 5.14. The van der Waals surface area contributed by atoms with Crippen LogP contribution in [0.25, 0.3) is 0 Å². The number of Topliss-reactive ketones (excluding diaryl/α,β-unsaturated/α-hetero) is 4. The summed E-state index contributed by atoms with van der Waals surface area (Å²) in [6.45, 7) is 2.75. The molecule has 5 rings (SSSR count). The topological polar surface area (TPSA) is 236 Å². The zero-order chi connectivity index (χ0) is 48.0. The van der Waals surface area contributed by atoms with Gasteiger partial charge in [-0.25, -0.2) is 18.7 Å². The second kappa shape index (κ2) is 23.7. The number of alkyl halides is 5. The number of unbranched alkanes of at least 4 members (excludes halogenated alkanes) is 4. The minimum atomic E-state index is -4.84. The standard InChI is InChI=1S/C47H59F5N8O6/c1-46(48,49)32-16-28(20-34(61)8-4-2-6-10-42(53)54)44(65-36-12-14-57-25-36)30(17-32)22-40(63)38-24-39(60-27-59-38)41(64)23-31-19-33(47(50,51)52)18-29(45(31)66-37-13-15-58-26-37)21-35(62)9-5-3-7-11-43(55)56/h16-19,24,27,36-37,57-58H,2-15,20-23,25-26H2,1H3,(H3,53,54)(H3,55,56)/t36-,37-/m1/s1. The molecule has 0 spiro atoms. The Morgan fingerprint density at radius 3 is 1.38 bits per heavy atom.